The van der Waals surface area contributed by atoms with Crippen molar-refractivity contribution in [2.45, 2.75) is 54.3 Å². The number of amides is 1. The highest BCUT2D eigenvalue weighted by atomic mass is 16.7. The van der Waals surface area contributed by atoms with Crippen molar-refractivity contribution in [3.05, 3.63) is 23.3 Å². The summed E-state index contributed by atoms with van der Waals surface area (Å²) in [7, 11) is 8.08. The Bertz CT molecular complexity index is 890. The highest BCUT2D eigenvalue weighted by Crippen LogP contribution is 2.73. The van der Waals surface area contributed by atoms with Gasteiger partial charge in [-0.15, -0.1) is 0 Å². The monoisotopic (exact) mass is 405 g/mol. The molecule has 8 heteroatoms. The van der Waals surface area contributed by atoms with Gasteiger partial charge in [0.25, 0.3) is 0 Å². The van der Waals surface area contributed by atoms with Gasteiger partial charge in [-0.2, -0.15) is 0 Å². The van der Waals surface area contributed by atoms with E-state index in [-0.39, 0.29) is 18.4 Å². The van der Waals surface area contributed by atoms with Crippen molar-refractivity contribution in [3.63, 3.8) is 0 Å². The number of hydrogen-bond acceptors (Lipinski definition) is 7. The highest BCUT2D eigenvalue weighted by molar-refractivity contribution is 5.85. The number of rotatable bonds is 4. The quantitative estimate of drug-likeness (QED) is 0.804. The first kappa shape index (κ1) is 19.1. The Hall–Kier alpha value is -1.87. The molecule has 1 amide bonds. The molecule has 3 fully saturated rings. The molecule has 1 aromatic rings. The number of benzene rings is 1. The van der Waals surface area contributed by atoms with E-state index in [1.807, 2.05) is 12.1 Å². The maximum Gasteiger partial charge on any atom is 0.223 e. The molecule has 6 atom stereocenters. The van der Waals surface area contributed by atoms with E-state index in [9.17, 15) is 9.90 Å². The molecule has 29 heavy (non-hydrogen) atoms. The van der Waals surface area contributed by atoms with Crippen LogP contribution in [0.5, 0.6) is 11.5 Å². The minimum absolute atomic E-state index is 0.0163. The van der Waals surface area contributed by atoms with Crippen LogP contribution >= 0.6 is 0 Å². The first-order chi connectivity index (χ1) is 13.9. The van der Waals surface area contributed by atoms with Gasteiger partial charge in [0.2, 0.25) is 11.7 Å². The lowest BCUT2D eigenvalue weighted by atomic mass is 9.50. The van der Waals surface area contributed by atoms with Crippen LogP contribution in [-0.2, 0) is 24.4 Å². The number of ether oxygens (including phenoxy) is 5. The molecule has 2 saturated heterocycles. The Balaban J connectivity index is 1.91. The summed E-state index contributed by atoms with van der Waals surface area (Å²) in [5.41, 5.74) is 0.235. The number of carbonyl (C=O) groups excluding carboxylic acids is 1. The van der Waals surface area contributed by atoms with Gasteiger partial charge >= 0.3 is 0 Å². The van der Waals surface area contributed by atoms with Gasteiger partial charge in [0, 0.05) is 45.1 Å². The molecule has 4 aliphatic rings. The van der Waals surface area contributed by atoms with Gasteiger partial charge in [0.1, 0.15) is 11.6 Å². The molecule has 2 aliphatic heterocycles. The number of aliphatic hydroxyl groups is 1. The van der Waals surface area contributed by atoms with Gasteiger partial charge in [-0.05, 0) is 18.1 Å². The van der Waals surface area contributed by atoms with E-state index in [4.69, 9.17) is 23.7 Å². The molecule has 5 rings (SSSR count). The van der Waals surface area contributed by atoms with Crippen molar-refractivity contribution < 1.29 is 33.6 Å². The van der Waals surface area contributed by atoms with Crippen LogP contribution in [0.25, 0.3) is 0 Å². The molecule has 2 heterocycles. The largest absolute Gasteiger partial charge is 0.493 e. The van der Waals surface area contributed by atoms with Gasteiger partial charge in [-0.3, -0.25) is 4.79 Å². The van der Waals surface area contributed by atoms with Crippen molar-refractivity contribution in [2.75, 3.05) is 35.5 Å². The average molecular weight is 405 g/mol. The molecule has 158 valence electrons. The van der Waals surface area contributed by atoms with Gasteiger partial charge in [0.15, 0.2) is 11.5 Å². The zero-order valence-corrected chi connectivity index (χ0v) is 17.4. The van der Waals surface area contributed by atoms with Crippen molar-refractivity contribution in [1.29, 1.82) is 0 Å². The molecule has 8 nitrogen and oxygen atoms in total. The Morgan fingerprint density at radius 1 is 1.17 bits per heavy atom. The van der Waals surface area contributed by atoms with E-state index in [1.54, 1.807) is 33.3 Å². The van der Waals surface area contributed by atoms with Crippen LogP contribution in [0, 0.1) is 0 Å². The average Bonchev–Trinajstić information content (AvgIpc) is 3.17. The molecule has 1 saturated carbocycles. The third-order valence-electron chi connectivity index (χ3n) is 7.81. The van der Waals surface area contributed by atoms with Crippen molar-refractivity contribution in [2.24, 2.45) is 0 Å². The fourth-order valence-corrected chi connectivity index (χ4v) is 6.90. The minimum Gasteiger partial charge on any atom is -0.493 e. The van der Waals surface area contributed by atoms with Gasteiger partial charge < -0.3 is 33.7 Å². The molecule has 2 aliphatic carbocycles. The number of methoxy groups -OCH3 is 4. The molecule has 0 aromatic heterocycles. The van der Waals surface area contributed by atoms with Crippen LogP contribution in [0.15, 0.2) is 12.1 Å². The van der Waals surface area contributed by atoms with Crippen molar-refractivity contribution in [3.8, 4) is 11.5 Å². The number of likely N-dealkylation sites (N-methyl/N-ethyl adjacent to an activating group) is 1. The molecule has 1 spiro atoms. The summed E-state index contributed by atoms with van der Waals surface area (Å²) < 4.78 is 29.8. The van der Waals surface area contributed by atoms with Crippen molar-refractivity contribution >= 4 is 5.91 Å². The van der Waals surface area contributed by atoms with E-state index >= 15 is 0 Å². The maximum absolute atomic E-state index is 13.2. The lowest BCUT2D eigenvalue weighted by Crippen LogP contribution is -2.77. The van der Waals surface area contributed by atoms with Crippen LogP contribution in [-0.4, -0.2) is 74.9 Å². The fraction of sp³-hybridized carbons (Fsp3) is 0.667. The van der Waals surface area contributed by atoms with Crippen LogP contribution in [0.4, 0.5) is 0 Å². The Morgan fingerprint density at radius 2 is 1.93 bits per heavy atom. The highest BCUT2D eigenvalue weighted by Gasteiger charge is 2.84. The number of nitrogens with zero attached hydrogens (tertiary/aromatic N) is 1. The summed E-state index contributed by atoms with van der Waals surface area (Å²) in [6, 6.07) is 3.83. The summed E-state index contributed by atoms with van der Waals surface area (Å²) >= 11 is 0. The number of fused-ring (bicyclic) bond motifs is 3. The molecule has 1 N–H and O–H groups in total. The second-order valence-electron chi connectivity index (χ2n) is 8.45. The lowest BCUT2D eigenvalue weighted by molar-refractivity contribution is -0.338. The van der Waals surface area contributed by atoms with E-state index in [1.165, 1.54) is 7.11 Å². The van der Waals surface area contributed by atoms with Crippen LogP contribution < -0.4 is 9.47 Å². The second kappa shape index (κ2) is 5.85. The SMILES string of the molecule is COc1ccc2c(c1OC)[C@@]13CC(=O)N(C)[C@@]14C[C@@H]2OC4(OC)[C@@H](OC)[C@@H](O)C3. The third-order valence-corrected chi connectivity index (χ3v) is 7.81. The Morgan fingerprint density at radius 3 is 2.55 bits per heavy atom. The topological polar surface area (TPSA) is 86.7 Å². The Kier molecular flexibility index (Phi) is 3.85. The minimum atomic E-state index is -1.30. The van der Waals surface area contributed by atoms with Crippen LogP contribution in [0.1, 0.15) is 36.5 Å². The summed E-state index contributed by atoms with van der Waals surface area (Å²) in [5.74, 6) is -0.147. The molecule has 1 aromatic carbocycles. The number of aliphatic hydroxyl groups excluding tert-OH is 1. The number of likely N-dealkylation sites (tertiary alicyclic amines) is 1. The molecule has 1 unspecified atom stereocenters. The predicted molar refractivity (Wildman–Crippen MR) is 101 cm³/mol. The zero-order valence-electron chi connectivity index (χ0n) is 17.4. The number of hydrogen-bond donors (Lipinski definition) is 1. The van der Waals surface area contributed by atoms with Gasteiger partial charge in [-0.1, -0.05) is 6.07 Å². The predicted octanol–water partition coefficient (Wildman–Crippen LogP) is 1.14. The third kappa shape index (κ3) is 1.79. The van der Waals surface area contributed by atoms with Crippen molar-refractivity contribution in [1.82, 2.24) is 4.90 Å². The van der Waals surface area contributed by atoms with Gasteiger partial charge in [-0.25, -0.2) is 0 Å². The van der Waals surface area contributed by atoms with E-state index in [0.29, 0.717) is 24.3 Å². The smallest absolute Gasteiger partial charge is 0.223 e. The fourth-order valence-electron chi connectivity index (χ4n) is 6.90. The van der Waals surface area contributed by atoms with Crippen LogP contribution in [0.3, 0.4) is 0 Å². The lowest BCUT2D eigenvalue weighted by Gasteiger charge is -2.60. The Labute approximate surface area is 169 Å². The molecule has 2 bridgehead atoms. The second-order valence-corrected chi connectivity index (χ2v) is 8.45. The number of carbonyl (C=O) groups is 1. The summed E-state index contributed by atoms with van der Waals surface area (Å²) in [4.78, 5) is 15.0. The van der Waals surface area contributed by atoms with Crippen LogP contribution in [0.2, 0.25) is 0 Å². The summed E-state index contributed by atoms with van der Waals surface area (Å²) in [6.45, 7) is 0. The summed E-state index contributed by atoms with van der Waals surface area (Å²) in [5, 5.41) is 11.2. The first-order valence-electron chi connectivity index (χ1n) is 9.83. The van der Waals surface area contributed by atoms with E-state index in [2.05, 4.69) is 0 Å². The first-order valence-corrected chi connectivity index (χ1v) is 9.83. The zero-order chi connectivity index (χ0) is 20.8. The maximum atomic E-state index is 13.2. The van der Waals surface area contributed by atoms with E-state index < -0.39 is 28.9 Å². The molecule has 0 radical (unpaired) electrons. The normalized spacial score (nSPS) is 41.9. The van der Waals surface area contributed by atoms with Gasteiger partial charge in [0.05, 0.1) is 26.4 Å². The molecular weight excluding hydrogens is 378 g/mol. The standard InChI is InChI=1S/C21H27NO7/c1-22-15(24)10-19-8-12(23)18(27-4)21(28-5)20(19,22)9-14(29-21)11-6-7-13(25-2)17(26-3)16(11)19/h6-7,12,14,18,23H,8-10H2,1-5H3/t12-,14-,18-,19+,20-,21?/m0/s1. The van der Waals surface area contributed by atoms with E-state index in [0.717, 1.165) is 11.1 Å². The molecular formula is C21H27NO7. The summed E-state index contributed by atoms with van der Waals surface area (Å²) in [6.07, 6.45) is -0.810.